The number of rotatable bonds is 7. The molecule has 1 fully saturated rings. The SMILES string of the molecule is CN(C(=O)CSc1nnc(COc2ccc(Cl)cc2)n1C)C1(C#N)CCCCC1. The van der Waals surface area contributed by atoms with Crippen molar-refractivity contribution in [3.05, 3.63) is 35.1 Å². The third-order valence-corrected chi connectivity index (χ3v) is 6.59. The van der Waals surface area contributed by atoms with Gasteiger partial charge in [0.05, 0.1) is 11.8 Å². The Hall–Kier alpha value is -2.24. The van der Waals surface area contributed by atoms with Crippen molar-refractivity contribution in [1.82, 2.24) is 19.7 Å². The van der Waals surface area contributed by atoms with Crippen LogP contribution in [0.5, 0.6) is 5.75 Å². The molecule has 0 bridgehead atoms. The van der Waals surface area contributed by atoms with Crippen LogP contribution in [0, 0.1) is 11.3 Å². The van der Waals surface area contributed by atoms with Crippen molar-refractivity contribution in [2.24, 2.45) is 7.05 Å². The Kier molecular flexibility index (Phi) is 7.04. The molecular weight excluding hydrogens is 410 g/mol. The van der Waals surface area contributed by atoms with Crippen molar-refractivity contribution < 1.29 is 9.53 Å². The van der Waals surface area contributed by atoms with Gasteiger partial charge in [-0.1, -0.05) is 42.6 Å². The second-order valence-electron chi connectivity index (χ2n) is 7.15. The van der Waals surface area contributed by atoms with Crippen LogP contribution in [0.1, 0.15) is 37.9 Å². The van der Waals surface area contributed by atoms with E-state index in [1.54, 1.807) is 36.2 Å². The van der Waals surface area contributed by atoms with Crippen LogP contribution >= 0.6 is 23.4 Å². The number of nitrogens with zero attached hydrogens (tertiary/aromatic N) is 5. The maximum Gasteiger partial charge on any atom is 0.234 e. The summed E-state index contributed by atoms with van der Waals surface area (Å²) in [4.78, 5) is 14.3. The molecule has 29 heavy (non-hydrogen) atoms. The first-order chi connectivity index (χ1) is 13.9. The molecule has 1 aliphatic carbocycles. The number of carbonyl (C=O) groups excluding carboxylic acids is 1. The maximum absolute atomic E-state index is 12.7. The zero-order valence-electron chi connectivity index (χ0n) is 16.6. The number of benzene rings is 1. The molecule has 0 unspecified atom stereocenters. The van der Waals surface area contributed by atoms with E-state index in [1.165, 1.54) is 11.8 Å². The van der Waals surface area contributed by atoms with Crippen LogP contribution < -0.4 is 4.74 Å². The third kappa shape index (κ3) is 5.03. The minimum absolute atomic E-state index is 0.0691. The van der Waals surface area contributed by atoms with Gasteiger partial charge in [-0.25, -0.2) is 0 Å². The quantitative estimate of drug-likeness (QED) is 0.617. The molecule has 154 valence electrons. The molecule has 0 saturated heterocycles. The van der Waals surface area contributed by atoms with E-state index < -0.39 is 5.54 Å². The van der Waals surface area contributed by atoms with Gasteiger partial charge in [0.25, 0.3) is 0 Å². The fraction of sp³-hybridized carbons (Fsp3) is 0.500. The van der Waals surface area contributed by atoms with E-state index in [2.05, 4.69) is 16.3 Å². The summed E-state index contributed by atoms with van der Waals surface area (Å²) < 4.78 is 7.52. The van der Waals surface area contributed by atoms with Crippen molar-refractivity contribution in [3.63, 3.8) is 0 Å². The molecule has 1 saturated carbocycles. The van der Waals surface area contributed by atoms with E-state index in [9.17, 15) is 10.1 Å². The van der Waals surface area contributed by atoms with Gasteiger partial charge >= 0.3 is 0 Å². The monoisotopic (exact) mass is 433 g/mol. The smallest absolute Gasteiger partial charge is 0.234 e. The number of aromatic nitrogens is 3. The van der Waals surface area contributed by atoms with Gasteiger partial charge in [-0.05, 0) is 37.1 Å². The van der Waals surface area contributed by atoms with Gasteiger partial charge in [0.15, 0.2) is 11.0 Å². The largest absolute Gasteiger partial charge is 0.486 e. The van der Waals surface area contributed by atoms with Gasteiger partial charge in [0.1, 0.15) is 17.9 Å². The van der Waals surface area contributed by atoms with Gasteiger partial charge < -0.3 is 14.2 Å². The maximum atomic E-state index is 12.7. The molecule has 0 atom stereocenters. The number of nitriles is 1. The number of hydrogen-bond acceptors (Lipinski definition) is 6. The molecule has 0 N–H and O–H groups in total. The Morgan fingerprint density at radius 3 is 2.66 bits per heavy atom. The Morgan fingerprint density at radius 2 is 2.00 bits per heavy atom. The zero-order valence-corrected chi connectivity index (χ0v) is 18.2. The lowest BCUT2D eigenvalue weighted by molar-refractivity contribution is -0.131. The van der Waals surface area contributed by atoms with Crippen LogP contribution in [-0.2, 0) is 18.4 Å². The molecule has 1 heterocycles. The van der Waals surface area contributed by atoms with Crippen molar-refractivity contribution >= 4 is 29.3 Å². The fourth-order valence-electron chi connectivity index (χ4n) is 3.40. The summed E-state index contributed by atoms with van der Waals surface area (Å²) in [6.07, 6.45) is 4.58. The summed E-state index contributed by atoms with van der Waals surface area (Å²) in [6.45, 7) is 0.261. The Bertz CT molecular complexity index is 887. The second kappa shape index (κ2) is 9.51. The van der Waals surface area contributed by atoms with Gasteiger partial charge in [-0.2, -0.15) is 5.26 Å². The van der Waals surface area contributed by atoms with Crippen molar-refractivity contribution in [2.45, 2.75) is 49.4 Å². The molecule has 3 rings (SSSR count). The summed E-state index contributed by atoms with van der Waals surface area (Å²) in [6, 6.07) is 9.49. The van der Waals surface area contributed by atoms with Crippen molar-refractivity contribution in [1.29, 1.82) is 5.26 Å². The summed E-state index contributed by atoms with van der Waals surface area (Å²) in [5.74, 6) is 1.49. The summed E-state index contributed by atoms with van der Waals surface area (Å²) >= 11 is 7.19. The predicted molar refractivity (Wildman–Crippen MR) is 112 cm³/mol. The number of carbonyl (C=O) groups is 1. The van der Waals surface area contributed by atoms with E-state index in [-0.39, 0.29) is 18.3 Å². The van der Waals surface area contributed by atoms with E-state index in [4.69, 9.17) is 16.3 Å². The lowest BCUT2D eigenvalue weighted by Gasteiger charge is -2.39. The topological polar surface area (TPSA) is 84.0 Å². The first-order valence-corrected chi connectivity index (χ1v) is 10.9. The number of thioether (sulfide) groups is 1. The Morgan fingerprint density at radius 1 is 1.31 bits per heavy atom. The number of amides is 1. The Balaban J connectivity index is 1.56. The van der Waals surface area contributed by atoms with Gasteiger partial charge in [0.2, 0.25) is 5.91 Å². The highest BCUT2D eigenvalue weighted by molar-refractivity contribution is 7.99. The van der Waals surface area contributed by atoms with E-state index in [0.717, 1.165) is 32.1 Å². The summed E-state index contributed by atoms with van der Waals surface area (Å²) in [5, 5.41) is 19.3. The molecule has 1 aromatic carbocycles. The molecule has 7 nitrogen and oxygen atoms in total. The molecule has 1 amide bonds. The molecule has 1 aliphatic rings. The van der Waals surface area contributed by atoms with Crippen molar-refractivity contribution in [3.8, 4) is 11.8 Å². The zero-order chi connectivity index (χ0) is 20.9. The van der Waals surface area contributed by atoms with Gasteiger partial charge in [0, 0.05) is 19.1 Å². The highest BCUT2D eigenvalue weighted by atomic mass is 35.5. The average Bonchev–Trinajstić information content (AvgIpc) is 3.11. The van der Waals surface area contributed by atoms with Gasteiger partial charge in [-0.15, -0.1) is 10.2 Å². The fourth-order valence-corrected chi connectivity index (χ4v) is 4.37. The van der Waals surface area contributed by atoms with Crippen LogP contribution in [0.15, 0.2) is 29.4 Å². The normalized spacial score (nSPS) is 15.5. The molecule has 2 aromatic rings. The predicted octanol–water partition coefficient (Wildman–Crippen LogP) is 3.82. The van der Waals surface area contributed by atoms with Gasteiger partial charge in [-0.3, -0.25) is 4.79 Å². The summed E-state index contributed by atoms with van der Waals surface area (Å²) in [5.41, 5.74) is -0.673. The molecule has 0 aliphatic heterocycles. The highest BCUT2D eigenvalue weighted by Gasteiger charge is 2.38. The lowest BCUT2D eigenvalue weighted by atomic mass is 9.81. The molecule has 0 radical (unpaired) electrons. The molecule has 9 heteroatoms. The lowest BCUT2D eigenvalue weighted by Crippen LogP contribution is -2.50. The van der Waals surface area contributed by atoms with E-state index >= 15 is 0 Å². The standard InChI is InChI=1S/C20H24ClN5O2S/c1-25-17(12-28-16-8-6-15(21)7-9-16)23-24-19(25)29-13-18(27)26(2)20(14-22)10-4-3-5-11-20/h6-9H,3-5,10-13H2,1-2H3. The number of hydrogen-bond donors (Lipinski definition) is 0. The molecule has 1 aromatic heterocycles. The third-order valence-electron chi connectivity index (χ3n) is 5.34. The number of ether oxygens (including phenoxy) is 1. The van der Waals surface area contributed by atoms with Crippen LogP contribution in [0.3, 0.4) is 0 Å². The average molecular weight is 434 g/mol. The molecular formula is C20H24ClN5O2S. The molecule has 0 spiro atoms. The minimum Gasteiger partial charge on any atom is -0.486 e. The van der Waals surface area contributed by atoms with E-state index in [1.807, 2.05) is 11.6 Å². The van der Waals surface area contributed by atoms with Crippen molar-refractivity contribution in [2.75, 3.05) is 12.8 Å². The summed E-state index contributed by atoms with van der Waals surface area (Å²) in [7, 11) is 3.58. The first-order valence-electron chi connectivity index (χ1n) is 9.52. The van der Waals surface area contributed by atoms with Crippen LogP contribution in [0.25, 0.3) is 0 Å². The van der Waals surface area contributed by atoms with Crippen LogP contribution in [0.2, 0.25) is 5.02 Å². The van der Waals surface area contributed by atoms with Crippen LogP contribution in [0.4, 0.5) is 0 Å². The Labute approximate surface area is 180 Å². The minimum atomic E-state index is -0.673. The number of halogens is 1. The first kappa shape index (κ1) is 21.5. The van der Waals surface area contributed by atoms with Crippen LogP contribution in [-0.4, -0.2) is 43.9 Å². The van der Waals surface area contributed by atoms with E-state index in [0.29, 0.717) is 21.8 Å². The highest BCUT2D eigenvalue weighted by Crippen LogP contribution is 2.33. The second-order valence-corrected chi connectivity index (χ2v) is 8.52.